The van der Waals surface area contributed by atoms with E-state index in [1.807, 2.05) is 0 Å². The summed E-state index contributed by atoms with van der Waals surface area (Å²) in [5.41, 5.74) is 0. The van der Waals surface area contributed by atoms with Crippen molar-refractivity contribution in [1.29, 1.82) is 0 Å². The highest BCUT2D eigenvalue weighted by Gasteiger charge is 2.50. The molecular formula is C24H46O11. The van der Waals surface area contributed by atoms with E-state index in [2.05, 4.69) is 6.92 Å². The predicted molar refractivity (Wildman–Crippen MR) is 124 cm³/mol. The monoisotopic (exact) mass is 510 g/mol. The zero-order valence-electron chi connectivity index (χ0n) is 20.7. The molecule has 2 aliphatic heterocycles. The summed E-state index contributed by atoms with van der Waals surface area (Å²) in [6.45, 7) is 1.29. The summed E-state index contributed by atoms with van der Waals surface area (Å²) in [6, 6.07) is 0. The van der Waals surface area contributed by atoms with Crippen molar-refractivity contribution in [2.75, 3.05) is 19.8 Å². The van der Waals surface area contributed by atoms with Gasteiger partial charge in [0.25, 0.3) is 0 Å². The van der Waals surface area contributed by atoms with Gasteiger partial charge in [-0.05, 0) is 6.42 Å². The van der Waals surface area contributed by atoms with Gasteiger partial charge in [-0.1, -0.05) is 64.7 Å². The summed E-state index contributed by atoms with van der Waals surface area (Å²) in [5, 5.41) is 70.2. The van der Waals surface area contributed by atoms with Crippen LogP contribution in [0.5, 0.6) is 0 Å². The van der Waals surface area contributed by atoms with Crippen LogP contribution in [0, 0.1) is 0 Å². The van der Waals surface area contributed by atoms with E-state index in [-0.39, 0.29) is 0 Å². The Kier molecular flexibility index (Phi) is 14.4. The normalized spacial score (nSPS) is 38.1. The van der Waals surface area contributed by atoms with Crippen molar-refractivity contribution in [3.63, 3.8) is 0 Å². The topological polar surface area (TPSA) is 179 Å². The molecule has 2 saturated heterocycles. The van der Waals surface area contributed by atoms with Crippen LogP contribution in [0.1, 0.15) is 71.1 Å². The van der Waals surface area contributed by atoms with Crippen LogP contribution in [0.15, 0.2) is 0 Å². The van der Waals surface area contributed by atoms with Crippen LogP contribution in [-0.4, -0.2) is 117 Å². The van der Waals surface area contributed by atoms with Crippen LogP contribution >= 0.6 is 0 Å². The number of ether oxygens (including phenoxy) is 4. The largest absolute Gasteiger partial charge is 0.394 e. The van der Waals surface area contributed by atoms with Gasteiger partial charge < -0.3 is 54.7 Å². The van der Waals surface area contributed by atoms with Gasteiger partial charge in [0.1, 0.15) is 48.8 Å². The average Bonchev–Trinajstić information content (AvgIpc) is 2.85. The Hall–Kier alpha value is -0.440. The van der Waals surface area contributed by atoms with E-state index in [4.69, 9.17) is 18.9 Å². The molecule has 0 saturated carbocycles. The van der Waals surface area contributed by atoms with E-state index in [1.54, 1.807) is 0 Å². The van der Waals surface area contributed by atoms with Crippen LogP contribution in [0.25, 0.3) is 0 Å². The zero-order valence-corrected chi connectivity index (χ0v) is 20.7. The van der Waals surface area contributed by atoms with Gasteiger partial charge in [0.15, 0.2) is 12.6 Å². The maximum Gasteiger partial charge on any atom is 0.187 e. The maximum atomic E-state index is 10.8. The lowest BCUT2D eigenvalue weighted by molar-refractivity contribution is -0.357. The molecule has 0 unspecified atom stereocenters. The van der Waals surface area contributed by atoms with Crippen LogP contribution in [0.2, 0.25) is 0 Å². The molecule has 0 aliphatic carbocycles. The highest BCUT2D eigenvalue weighted by molar-refractivity contribution is 4.94. The third-order valence-corrected chi connectivity index (χ3v) is 6.76. The molecule has 0 bridgehead atoms. The lowest BCUT2D eigenvalue weighted by atomic mass is 9.97. The van der Waals surface area contributed by atoms with Crippen molar-refractivity contribution in [2.24, 2.45) is 0 Å². The third-order valence-electron chi connectivity index (χ3n) is 6.76. The van der Waals surface area contributed by atoms with Crippen molar-refractivity contribution in [3.8, 4) is 0 Å². The van der Waals surface area contributed by atoms with Crippen LogP contribution in [0.4, 0.5) is 0 Å². The molecule has 11 heteroatoms. The molecule has 2 heterocycles. The van der Waals surface area contributed by atoms with Crippen LogP contribution in [-0.2, 0) is 18.9 Å². The van der Waals surface area contributed by atoms with Gasteiger partial charge >= 0.3 is 0 Å². The highest BCUT2D eigenvalue weighted by Crippen LogP contribution is 2.29. The van der Waals surface area contributed by atoms with Crippen LogP contribution in [0.3, 0.4) is 0 Å². The smallest absolute Gasteiger partial charge is 0.187 e. The molecule has 2 rings (SSSR count). The molecular weight excluding hydrogens is 464 g/mol. The van der Waals surface area contributed by atoms with Crippen LogP contribution < -0.4 is 0 Å². The standard InChI is InChI=1S/C24H46O11/c1-2-3-4-5-6-7-8-9-10-11-12-32-22-17(27)15(13-25)34-24(20(22)30)35-21-16(14-26)33-23(31)19(29)18(21)28/h15-31H,2-14H2,1H3/t15-,16-,17-,18-,19-,20-,21-,22+,23+,24-/m1/s1. The second kappa shape index (κ2) is 16.4. The molecule has 0 aromatic rings. The fraction of sp³-hybridized carbons (Fsp3) is 1.00. The fourth-order valence-electron chi connectivity index (χ4n) is 4.56. The quantitative estimate of drug-likeness (QED) is 0.134. The SMILES string of the molecule is CCCCCCCCCCCCO[C@@H]1[C@@H](O)[C@@H](O[C@H]2[C@H](O)[C@@H](O)[C@@H](O)O[C@@H]2CO)O[C@H](CO)[C@H]1O. The Bertz CT molecular complexity index is 552. The summed E-state index contributed by atoms with van der Waals surface area (Å²) >= 11 is 0. The Labute approximate surface area is 207 Å². The van der Waals surface area contributed by atoms with Crippen molar-refractivity contribution >= 4 is 0 Å². The molecule has 35 heavy (non-hydrogen) atoms. The summed E-state index contributed by atoms with van der Waals surface area (Å²) in [7, 11) is 0. The molecule has 0 radical (unpaired) electrons. The maximum absolute atomic E-state index is 10.8. The molecule has 10 atom stereocenters. The molecule has 2 aliphatic rings. The third kappa shape index (κ3) is 9.11. The van der Waals surface area contributed by atoms with E-state index >= 15 is 0 Å². The zero-order chi connectivity index (χ0) is 25.8. The van der Waals surface area contributed by atoms with Gasteiger partial charge in [0, 0.05) is 6.61 Å². The average molecular weight is 511 g/mol. The van der Waals surface area contributed by atoms with E-state index in [0.717, 1.165) is 25.7 Å². The van der Waals surface area contributed by atoms with Gasteiger partial charge in [0.2, 0.25) is 0 Å². The fourth-order valence-corrected chi connectivity index (χ4v) is 4.56. The van der Waals surface area contributed by atoms with Crippen molar-refractivity contribution in [3.05, 3.63) is 0 Å². The molecule has 0 amide bonds. The summed E-state index contributed by atoms with van der Waals surface area (Å²) in [6.07, 6.45) is -2.55. The Morgan fingerprint density at radius 2 is 1.17 bits per heavy atom. The summed E-state index contributed by atoms with van der Waals surface area (Å²) in [5.74, 6) is 0. The van der Waals surface area contributed by atoms with E-state index in [9.17, 15) is 35.7 Å². The van der Waals surface area contributed by atoms with Crippen molar-refractivity contribution in [1.82, 2.24) is 0 Å². The van der Waals surface area contributed by atoms with Gasteiger partial charge in [0.05, 0.1) is 13.2 Å². The van der Waals surface area contributed by atoms with Gasteiger partial charge in [-0.2, -0.15) is 0 Å². The number of aliphatic hydroxyl groups is 7. The lowest BCUT2D eigenvalue weighted by Crippen LogP contribution is -2.64. The molecule has 11 nitrogen and oxygen atoms in total. The minimum absolute atomic E-state index is 0.291. The van der Waals surface area contributed by atoms with E-state index in [0.29, 0.717) is 6.61 Å². The number of rotatable bonds is 16. The van der Waals surface area contributed by atoms with Crippen molar-refractivity contribution < 1.29 is 54.7 Å². The molecule has 0 aromatic carbocycles. The molecule has 0 aromatic heterocycles. The second-order valence-corrected chi connectivity index (χ2v) is 9.55. The number of unbranched alkanes of at least 4 members (excludes halogenated alkanes) is 9. The lowest BCUT2D eigenvalue weighted by Gasteiger charge is -2.46. The Morgan fingerprint density at radius 3 is 1.74 bits per heavy atom. The molecule has 2 fully saturated rings. The Morgan fingerprint density at radius 1 is 0.600 bits per heavy atom. The Balaban J connectivity index is 1.81. The predicted octanol–water partition coefficient (Wildman–Crippen LogP) is -0.452. The highest BCUT2D eigenvalue weighted by atomic mass is 16.7. The molecule has 0 spiro atoms. The summed E-state index contributed by atoms with van der Waals surface area (Å²) < 4.78 is 21.9. The second-order valence-electron chi connectivity index (χ2n) is 9.55. The minimum Gasteiger partial charge on any atom is -0.394 e. The van der Waals surface area contributed by atoms with E-state index < -0.39 is 74.6 Å². The first-order valence-corrected chi connectivity index (χ1v) is 13.1. The van der Waals surface area contributed by atoms with Gasteiger partial charge in [-0.3, -0.25) is 0 Å². The first-order valence-electron chi connectivity index (χ1n) is 13.1. The van der Waals surface area contributed by atoms with Gasteiger partial charge in [-0.15, -0.1) is 0 Å². The molecule has 7 N–H and O–H groups in total. The number of hydrogen-bond acceptors (Lipinski definition) is 11. The number of aliphatic hydroxyl groups excluding tert-OH is 7. The minimum atomic E-state index is -1.72. The molecule has 208 valence electrons. The summed E-state index contributed by atoms with van der Waals surface area (Å²) in [4.78, 5) is 0. The first kappa shape index (κ1) is 30.8. The van der Waals surface area contributed by atoms with Crippen molar-refractivity contribution in [2.45, 2.75) is 133 Å². The number of hydrogen-bond donors (Lipinski definition) is 7. The van der Waals surface area contributed by atoms with Gasteiger partial charge in [-0.25, -0.2) is 0 Å². The van der Waals surface area contributed by atoms with E-state index in [1.165, 1.54) is 38.5 Å². The first-order chi connectivity index (χ1) is 16.8.